The van der Waals surface area contributed by atoms with E-state index in [0.29, 0.717) is 6.42 Å². The van der Waals surface area contributed by atoms with Gasteiger partial charge >= 0.3 is 0 Å². The van der Waals surface area contributed by atoms with Crippen LogP contribution in [0.4, 0.5) is 8.78 Å². The van der Waals surface area contributed by atoms with E-state index in [0.717, 1.165) is 16.7 Å². The summed E-state index contributed by atoms with van der Waals surface area (Å²) in [4.78, 5) is 4.12. The van der Waals surface area contributed by atoms with Crippen LogP contribution in [-0.4, -0.2) is 28.3 Å². The van der Waals surface area contributed by atoms with E-state index in [2.05, 4.69) is 4.99 Å². The molecule has 12 heavy (non-hydrogen) atoms. The second-order valence-electron chi connectivity index (χ2n) is 2.40. The lowest BCUT2D eigenvalue weighted by atomic mass is 10.3. The van der Waals surface area contributed by atoms with E-state index in [-0.39, 0.29) is 0 Å². The molecule has 70 valence electrons. The minimum absolute atomic E-state index is 0.502. The van der Waals surface area contributed by atoms with Crippen molar-refractivity contribution in [2.24, 2.45) is 4.99 Å². The molecule has 0 aromatic heterocycles. The van der Waals surface area contributed by atoms with Crippen molar-refractivity contribution in [1.82, 2.24) is 0 Å². The highest BCUT2D eigenvalue weighted by Crippen LogP contribution is 2.30. The van der Waals surface area contributed by atoms with Crippen molar-refractivity contribution in [1.29, 1.82) is 0 Å². The molecule has 5 heteroatoms. The van der Waals surface area contributed by atoms with Crippen molar-refractivity contribution >= 4 is 27.9 Å². The fourth-order valence-corrected chi connectivity index (χ4v) is 2.96. The maximum Gasteiger partial charge on any atom is 0.250 e. The number of nitrogens with zero attached hydrogens (tertiary/aromatic N) is 1. The summed E-state index contributed by atoms with van der Waals surface area (Å²) < 4.78 is 25.4. The van der Waals surface area contributed by atoms with Crippen LogP contribution < -0.4 is 0 Å². The summed E-state index contributed by atoms with van der Waals surface area (Å²) in [6.07, 6.45) is -1.73. The quantitative estimate of drug-likeness (QED) is 0.711. The highest BCUT2D eigenvalue weighted by molar-refractivity contribution is 8.39. The van der Waals surface area contributed by atoms with E-state index < -0.39 is 11.7 Å². The highest BCUT2D eigenvalue weighted by Gasteiger charge is 2.22. The van der Waals surface area contributed by atoms with Gasteiger partial charge in [0.05, 0.1) is 11.8 Å². The zero-order valence-electron chi connectivity index (χ0n) is 6.80. The predicted molar refractivity (Wildman–Crippen MR) is 52.4 cm³/mol. The average Bonchev–Trinajstić information content (AvgIpc) is 2.51. The molecule has 0 saturated heterocycles. The molecule has 0 spiro atoms. The third kappa shape index (κ3) is 2.94. The molecular formula is C7H11F2NS2. The molecule has 0 radical (unpaired) electrons. The molecule has 0 aromatic carbocycles. The molecule has 1 aliphatic rings. The minimum Gasteiger partial charge on any atom is -0.271 e. The Morgan fingerprint density at radius 1 is 1.67 bits per heavy atom. The molecule has 0 fully saturated rings. The number of aliphatic imine (C=N–C) groups is 1. The maximum absolute atomic E-state index is 12.3. The van der Waals surface area contributed by atoms with Gasteiger partial charge in [-0.15, -0.1) is 0 Å². The minimum atomic E-state index is -2.23. The first-order chi connectivity index (χ1) is 5.74. The monoisotopic (exact) mass is 211 g/mol. The van der Waals surface area contributed by atoms with Gasteiger partial charge in [-0.3, -0.25) is 4.99 Å². The van der Waals surface area contributed by atoms with E-state index in [4.69, 9.17) is 0 Å². The number of rotatable bonds is 3. The summed E-state index contributed by atoms with van der Waals surface area (Å²) in [5.41, 5.74) is 0. The first kappa shape index (κ1) is 10.3. The van der Waals surface area contributed by atoms with Crippen LogP contribution in [0.15, 0.2) is 4.99 Å². The molecule has 1 nitrogen and oxygen atoms in total. The lowest BCUT2D eigenvalue weighted by Gasteiger charge is -2.11. The van der Waals surface area contributed by atoms with Gasteiger partial charge in [0.15, 0.2) is 0 Å². The van der Waals surface area contributed by atoms with Crippen LogP contribution in [0.5, 0.6) is 0 Å². The van der Waals surface area contributed by atoms with E-state index in [9.17, 15) is 8.78 Å². The van der Waals surface area contributed by atoms with Crippen LogP contribution in [0, 0.1) is 0 Å². The Morgan fingerprint density at radius 3 is 2.83 bits per heavy atom. The molecule has 1 aliphatic heterocycles. The lowest BCUT2D eigenvalue weighted by molar-refractivity contribution is 0.144. The molecule has 1 rings (SSSR count). The Bertz CT molecular complexity index is 173. The van der Waals surface area contributed by atoms with E-state index in [1.54, 1.807) is 18.7 Å². The topological polar surface area (TPSA) is 12.4 Å². The van der Waals surface area contributed by atoms with Gasteiger partial charge in [-0.2, -0.15) is 0 Å². The predicted octanol–water partition coefficient (Wildman–Crippen LogP) is 2.87. The number of halogens is 2. The standard InChI is InChI=1S/C7H11F2NS2/c1-2-5(6(8)9)12-7-10-3-4-11-7/h5-6H,2-4H2,1H3. The van der Waals surface area contributed by atoms with Gasteiger partial charge in [-0.05, 0) is 6.42 Å². The lowest BCUT2D eigenvalue weighted by Crippen LogP contribution is -2.13. The Morgan fingerprint density at radius 2 is 2.42 bits per heavy atom. The highest BCUT2D eigenvalue weighted by atomic mass is 32.2. The second-order valence-corrected chi connectivity index (χ2v) is 4.97. The van der Waals surface area contributed by atoms with Gasteiger partial charge < -0.3 is 0 Å². The third-order valence-corrected chi connectivity index (χ3v) is 4.07. The molecular weight excluding hydrogens is 200 g/mol. The number of hydrogen-bond acceptors (Lipinski definition) is 3. The van der Waals surface area contributed by atoms with Crippen LogP contribution in [-0.2, 0) is 0 Å². The van der Waals surface area contributed by atoms with Crippen LogP contribution >= 0.6 is 23.5 Å². The molecule has 1 unspecified atom stereocenters. The van der Waals surface area contributed by atoms with Gasteiger partial charge in [0.25, 0.3) is 6.43 Å². The molecule has 0 saturated carbocycles. The van der Waals surface area contributed by atoms with Crippen LogP contribution in [0.3, 0.4) is 0 Å². The first-order valence-corrected chi connectivity index (χ1v) is 5.72. The molecule has 0 aliphatic carbocycles. The summed E-state index contributed by atoms with van der Waals surface area (Å²) in [7, 11) is 0. The van der Waals surface area contributed by atoms with Gasteiger partial charge in [-0.25, -0.2) is 8.78 Å². The fourth-order valence-electron chi connectivity index (χ4n) is 0.829. The van der Waals surface area contributed by atoms with Gasteiger partial charge in [0.2, 0.25) is 0 Å². The Balaban J connectivity index is 2.36. The molecule has 0 amide bonds. The fraction of sp³-hybridized carbons (Fsp3) is 0.857. The van der Waals surface area contributed by atoms with Crippen LogP contribution in [0.25, 0.3) is 0 Å². The molecule has 0 aromatic rings. The summed E-state index contributed by atoms with van der Waals surface area (Å²) in [5.74, 6) is 0.946. The molecule has 0 N–H and O–H groups in total. The van der Waals surface area contributed by atoms with Crippen molar-refractivity contribution in [3.63, 3.8) is 0 Å². The first-order valence-electron chi connectivity index (χ1n) is 3.86. The Labute approximate surface area is 79.4 Å². The van der Waals surface area contributed by atoms with Crippen LogP contribution in [0.2, 0.25) is 0 Å². The van der Waals surface area contributed by atoms with E-state index in [1.165, 1.54) is 11.8 Å². The molecule has 1 heterocycles. The van der Waals surface area contributed by atoms with Crippen molar-refractivity contribution in [2.45, 2.75) is 25.0 Å². The summed E-state index contributed by atoms with van der Waals surface area (Å²) in [6, 6.07) is 0. The second kappa shape index (κ2) is 5.07. The Kier molecular flexibility index (Phi) is 4.35. The van der Waals surface area contributed by atoms with Crippen molar-refractivity contribution in [3.05, 3.63) is 0 Å². The Hall–Kier alpha value is 0.230. The number of hydrogen-bond donors (Lipinski definition) is 0. The van der Waals surface area contributed by atoms with Crippen molar-refractivity contribution in [2.75, 3.05) is 12.3 Å². The molecule has 1 atom stereocenters. The van der Waals surface area contributed by atoms with E-state index in [1.807, 2.05) is 0 Å². The summed E-state index contributed by atoms with van der Waals surface area (Å²) >= 11 is 2.81. The summed E-state index contributed by atoms with van der Waals surface area (Å²) in [5, 5.41) is -0.575. The normalized spacial score (nSPS) is 19.8. The molecule has 0 bridgehead atoms. The number of alkyl halides is 2. The maximum atomic E-state index is 12.3. The van der Waals surface area contributed by atoms with Crippen molar-refractivity contribution in [3.8, 4) is 0 Å². The van der Waals surface area contributed by atoms with Gasteiger partial charge in [0.1, 0.15) is 4.38 Å². The smallest absolute Gasteiger partial charge is 0.250 e. The SMILES string of the molecule is CCC(SC1=NCCS1)C(F)F. The third-order valence-electron chi connectivity index (χ3n) is 1.49. The van der Waals surface area contributed by atoms with Gasteiger partial charge in [0, 0.05) is 5.75 Å². The average molecular weight is 211 g/mol. The van der Waals surface area contributed by atoms with Crippen LogP contribution in [0.1, 0.15) is 13.3 Å². The van der Waals surface area contributed by atoms with Gasteiger partial charge in [-0.1, -0.05) is 30.4 Å². The van der Waals surface area contributed by atoms with Crippen molar-refractivity contribution < 1.29 is 8.78 Å². The zero-order valence-corrected chi connectivity index (χ0v) is 8.43. The summed E-state index contributed by atoms with van der Waals surface area (Å²) in [6.45, 7) is 2.57. The number of thioether (sulfide) groups is 2. The van der Waals surface area contributed by atoms with E-state index >= 15 is 0 Å². The zero-order chi connectivity index (χ0) is 8.97. The largest absolute Gasteiger partial charge is 0.271 e.